The Labute approximate surface area is 331 Å². The molecule has 8 aromatic carbocycles. The minimum absolute atomic E-state index is 0.279. The van der Waals surface area contributed by atoms with Crippen LogP contribution >= 0.6 is 0 Å². The van der Waals surface area contributed by atoms with Crippen LogP contribution in [0.1, 0.15) is 40.2 Å². The molecular formula is C55H38N2. The second-order valence-corrected chi connectivity index (χ2v) is 15.6. The van der Waals surface area contributed by atoms with E-state index in [4.69, 9.17) is 0 Å². The van der Waals surface area contributed by atoms with Gasteiger partial charge < -0.3 is 9.13 Å². The SMILES string of the molecule is C1=CCC(c2cc3c4c(c2)c2cc(-c5ccccc5)ccc2n4-c2ccc(-n4c5ccccc5c5ccccc54)cc2C3(c2ccccc2)c2ccccc2)C=C1. The molecule has 1 atom stereocenters. The highest BCUT2D eigenvalue weighted by atomic mass is 15.0. The first kappa shape index (κ1) is 32.1. The van der Waals surface area contributed by atoms with E-state index in [2.05, 4.69) is 221 Å². The number of hydrogen-bond acceptors (Lipinski definition) is 0. The molecule has 0 bridgehead atoms. The summed E-state index contributed by atoms with van der Waals surface area (Å²) in [6.07, 6.45) is 10.1. The van der Waals surface area contributed by atoms with Gasteiger partial charge in [0.15, 0.2) is 0 Å². The standard InChI is InChI=1S/C55H38N2/c1-5-17-37(18-6-1)39-29-31-52-46(33-39)47-34-40(38-19-7-2-8-20-38)35-49-54(47)57(52)53-32-30-43(56-50-27-15-13-25-44(50)45-26-14-16-28-51(45)56)36-48(53)55(49,41-21-9-3-10-22-41)42-23-11-4-12-24-42/h1-19,21-36,38H,20H2. The van der Waals surface area contributed by atoms with Crippen LogP contribution in [0.5, 0.6) is 0 Å². The highest BCUT2D eigenvalue weighted by molar-refractivity contribution is 6.14. The summed E-state index contributed by atoms with van der Waals surface area (Å²) < 4.78 is 5.04. The summed E-state index contributed by atoms with van der Waals surface area (Å²) in [6, 6.07) is 70.3. The monoisotopic (exact) mass is 726 g/mol. The van der Waals surface area contributed by atoms with Crippen LogP contribution in [-0.2, 0) is 5.41 Å². The number of aromatic nitrogens is 2. The molecule has 2 nitrogen and oxygen atoms in total. The van der Waals surface area contributed by atoms with Gasteiger partial charge in [-0.3, -0.25) is 0 Å². The third-order valence-electron chi connectivity index (χ3n) is 12.7. The Morgan fingerprint density at radius 1 is 0.439 bits per heavy atom. The zero-order valence-corrected chi connectivity index (χ0v) is 31.4. The van der Waals surface area contributed by atoms with Gasteiger partial charge in [-0.15, -0.1) is 0 Å². The molecule has 2 heteroatoms. The van der Waals surface area contributed by atoms with Gasteiger partial charge in [0.25, 0.3) is 0 Å². The summed E-state index contributed by atoms with van der Waals surface area (Å²) in [5.74, 6) is 0.279. The normalized spacial score (nSPS) is 15.5. The van der Waals surface area contributed by atoms with Crippen molar-refractivity contribution >= 4 is 43.6 Å². The largest absolute Gasteiger partial charge is 0.309 e. The Bertz CT molecular complexity index is 3160. The van der Waals surface area contributed by atoms with Crippen molar-refractivity contribution in [2.45, 2.75) is 17.8 Å². The maximum Gasteiger partial charge on any atom is 0.0743 e. The first-order chi connectivity index (χ1) is 28.3. The fraction of sp³-hybridized carbons (Fsp3) is 0.0545. The lowest BCUT2D eigenvalue weighted by atomic mass is 9.62. The fourth-order valence-electron chi connectivity index (χ4n) is 10.2. The van der Waals surface area contributed by atoms with Crippen LogP contribution in [0.15, 0.2) is 212 Å². The van der Waals surface area contributed by atoms with Crippen molar-refractivity contribution in [3.05, 3.63) is 240 Å². The van der Waals surface area contributed by atoms with Crippen molar-refractivity contribution in [2.24, 2.45) is 0 Å². The molecule has 0 N–H and O–H groups in total. The van der Waals surface area contributed by atoms with E-state index in [1.807, 2.05) is 0 Å². The van der Waals surface area contributed by atoms with E-state index in [1.54, 1.807) is 0 Å². The van der Waals surface area contributed by atoms with E-state index in [-0.39, 0.29) is 5.92 Å². The average Bonchev–Trinajstić information content (AvgIpc) is 3.81. The van der Waals surface area contributed by atoms with E-state index >= 15 is 0 Å². The topological polar surface area (TPSA) is 9.86 Å². The lowest BCUT2D eigenvalue weighted by Crippen LogP contribution is -2.35. The number of fused-ring (bicyclic) bond motifs is 8. The number of nitrogens with zero attached hydrogens (tertiary/aromatic N) is 2. The Morgan fingerprint density at radius 2 is 1.07 bits per heavy atom. The van der Waals surface area contributed by atoms with Crippen LogP contribution in [-0.4, -0.2) is 9.13 Å². The third-order valence-corrected chi connectivity index (χ3v) is 12.7. The van der Waals surface area contributed by atoms with Crippen molar-refractivity contribution in [3.8, 4) is 22.5 Å². The molecule has 10 aromatic rings. The van der Waals surface area contributed by atoms with Crippen LogP contribution in [0.25, 0.3) is 66.1 Å². The van der Waals surface area contributed by atoms with Crippen molar-refractivity contribution in [1.82, 2.24) is 9.13 Å². The van der Waals surface area contributed by atoms with Gasteiger partial charge in [-0.2, -0.15) is 0 Å². The maximum atomic E-state index is 2.57. The van der Waals surface area contributed by atoms with Crippen molar-refractivity contribution in [3.63, 3.8) is 0 Å². The molecule has 2 aromatic heterocycles. The Balaban J connectivity index is 1.27. The van der Waals surface area contributed by atoms with Gasteiger partial charge in [0.1, 0.15) is 0 Å². The highest BCUT2D eigenvalue weighted by Crippen LogP contribution is 2.56. The lowest BCUT2D eigenvalue weighted by molar-refractivity contribution is 0.722. The first-order valence-corrected chi connectivity index (χ1v) is 20.0. The Kier molecular flexibility index (Phi) is 7.00. The molecule has 0 radical (unpaired) electrons. The summed E-state index contributed by atoms with van der Waals surface area (Å²) >= 11 is 0. The molecule has 1 aliphatic heterocycles. The smallest absolute Gasteiger partial charge is 0.0743 e. The number of hydrogen-bond donors (Lipinski definition) is 0. The predicted octanol–water partition coefficient (Wildman–Crippen LogP) is 13.8. The molecule has 0 saturated carbocycles. The molecule has 0 amide bonds. The van der Waals surface area contributed by atoms with Crippen molar-refractivity contribution in [1.29, 1.82) is 0 Å². The van der Waals surface area contributed by atoms with Crippen LogP contribution in [0.4, 0.5) is 0 Å². The van der Waals surface area contributed by atoms with Crippen LogP contribution in [0.3, 0.4) is 0 Å². The van der Waals surface area contributed by atoms with E-state index < -0.39 is 5.41 Å². The minimum Gasteiger partial charge on any atom is -0.309 e. The van der Waals surface area contributed by atoms with Crippen LogP contribution < -0.4 is 0 Å². The summed E-state index contributed by atoms with van der Waals surface area (Å²) in [6.45, 7) is 0. The second-order valence-electron chi connectivity index (χ2n) is 15.6. The van der Waals surface area contributed by atoms with Crippen LogP contribution in [0, 0.1) is 0 Å². The predicted molar refractivity (Wildman–Crippen MR) is 238 cm³/mol. The molecule has 3 heterocycles. The zero-order valence-electron chi connectivity index (χ0n) is 31.4. The van der Waals surface area contributed by atoms with Gasteiger partial charge in [0.2, 0.25) is 0 Å². The summed E-state index contributed by atoms with van der Waals surface area (Å²) in [5.41, 5.74) is 15.6. The van der Waals surface area contributed by atoms with E-state index in [1.165, 1.54) is 88.2 Å². The van der Waals surface area contributed by atoms with Gasteiger partial charge >= 0.3 is 0 Å². The van der Waals surface area contributed by atoms with Gasteiger partial charge in [0.05, 0.1) is 33.2 Å². The van der Waals surface area contributed by atoms with Gasteiger partial charge in [0, 0.05) is 33.2 Å². The molecular weight excluding hydrogens is 689 g/mol. The molecule has 57 heavy (non-hydrogen) atoms. The minimum atomic E-state index is -0.623. The molecule has 268 valence electrons. The number of para-hydroxylation sites is 2. The number of allylic oxidation sites excluding steroid dienone is 4. The van der Waals surface area contributed by atoms with Crippen LogP contribution in [0.2, 0.25) is 0 Å². The zero-order chi connectivity index (χ0) is 37.5. The first-order valence-electron chi connectivity index (χ1n) is 20.0. The summed E-state index contributed by atoms with van der Waals surface area (Å²) in [4.78, 5) is 0. The van der Waals surface area contributed by atoms with E-state index in [0.717, 1.165) is 12.1 Å². The fourth-order valence-corrected chi connectivity index (χ4v) is 10.2. The molecule has 1 aliphatic carbocycles. The van der Waals surface area contributed by atoms with Crippen molar-refractivity contribution in [2.75, 3.05) is 0 Å². The molecule has 12 rings (SSSR count). The maximum absolute atomic E-state index is 2.57. The average molecular weight is 727 g/mol. The van der Waals surface area contributed by atoms with Gasteiger partial charge in [-0.1, -0.05) is 164 Å². The Morgan fingerprint density at radius 3 is 1.74 bits per heavy atom. The Hall–Kier alpha value is -7.16. The molecule has 0 spiro atoms. The highest BCUT2D eigenvalue weighted by Gasteiger charge is 2.46. The molecule has 0 fully saturated rings. The van der Waals surface area contributed by atoms with E-state index in [9.17, 15) is 0 Å². The van der Waals surface area contributed by atoms with Crippen molar-refractivity contribution < 1.29 is 0 Å². The second kappa shape index (κ2) is 12.4. The molecule has 2 aliphatic rings. The van der Waals surface area contributed by atoms with E-state index in [0.29, 0.717) is 0 Å². The summed E-state index contributed by atoms with van der Waals surface area (Å²) in [5, 5.41) is 5.10. The molecule has 0 saturated heterocycles. The lowest BCUT2D eigenvalue weighted by Gasteiger charge is -2.42. The quantitative estimate of drug-likeness (QED) is 0.167. The molecule has 1 unspecified atom stereocenters. The number of benzene rings is 8. The van der Waals surface area contributed by atoms with Gasteiger partial charge in [-0.25, -0.2) is 0 Å². The van der Waals surface area contributed by atoms with Gasteiger partial charge in [-0.05, 0) is 93.9 Å². The number of rotatable bonds is 5. The third kappa shape index (κ3) is 4.59. The summed E-state index contributed by atoms with van der Waals surface area (Å²) in [7, 11) is 0.